The summed E-state index contributed by atoms with van der Waals surface area (Å²) in [5.41, 5.74) is 1.35. The molecule has 1 fully saturated rings. The smallest absolute Gasteiger partial charge is 0.284 e. The van der Waals surface area contributed by atoms with Crippen LogP contribution in [0.5, 0.6) is 5.75 Å². The van der Waals surface area contributed by atoms with Gasteiger partial charge in [0, 0.05) is 13.1 Å². The number of aromatic nitrogens is 2. The van der Waals surface area contributed by atoms with Crippen LogP contribution < -0.4 is 4.74 Å². The first-order valence-electron chi connectivity index (χ1n) is 8.38. The number of rotatable bonds is 5. The van der Waals surface area contributed by atoms with E-state index in [2.05, 4.69) is 22.3 Å². The van der Waals surface area contributed by atoms with Crippen molar-refractivity contribution in [3.8, 4) is 5.75 Å². The number of hydrogen-bond acceptors (Lipinski definition) is 5. The number of carbonyl (C=O) groups excluding carboxylic acids is 1. The lowest BCUT2D eigenvalue weighted by molar-refractivity contribution is 0.0685. The highest BCUT2D eigenvalue weighted by molar-refractivity contribution is 7.13. The molecule has 5 nitrogen and oxygen atoms in total. The second-order valence-corrected chi connectivity index (χ2v) is 7.43. The monoisotopic (exact) mass is 345 g/mol. The van der Waals surface area contributed by atoms with Crippen LogP contribution in [0.2, 0.25) is 0 Å². The standard InChI is InChI=1S/C18H23N3O2S/c1-13-19-20-17(24-13)18(22)21-11-9-15(10-12-21)4-3-14-5-7-16(23-2)8-6-14/h5-8,15H,3-4,9-12H2,1-2H3. The zero-order chi connectivity index (χ0) is 16.9. The van der Waals surface area contributed by atoms with E-state index < -0.39 is 0 Å². The van der Waals surface area contributed by atoms with Gasteiger partial charge in [0.1, 0.15) is 10.8 Å². The van der Waals surface area contributed by atoms with E-state index in [0.717, 1.165) is 43.1 Å². The third-order valence-electron chi connectivity index (χ3n) is 4.61. The number of amides is 1. The van der Waals surface area contributed by atoms with Crippen LogP contribution in [0.3, 0.4) is 0 Å². The predicted octanol–water partition coefficient (Wildman–Crippen LogP) is 3.34. The normalized spacial score (nSPS) is 15.5. The summed E-state index contributed by atoms with van der Waals surface area (Å²) < 4.78 is 5.19. The van der Waals surface area contributed by atoms with Gasteiger partial charge in [-0.2, -0.15) is 0 Å². The molecule has 1 aromatic heterocycles. The average Bonchev–Trinajstić information content (AvgIpc) is 3.06. The predicted molar refractivity (Wildman–Crippen MR) is 94.6 cm³/mol. The Kier molecular flexibility index (Phi) is 5.45. The van der Waals surface area contributed by atoms with E-state index in [-0.39, 0.29) is 5.91 Å². The van der Waals surface area contributed by atoms with Crippen molar-refractivity contribution in [3.63, 3.8) is 0 Å². The Morgan fingerprint density at radius 1 is 1.25 bits per heavy atom. The third-order valence-corrected chi connectivity index (χ3v) is 5.44. The first kappa shape index (κ1) is 16.9. The summed E-state index contributed by atoms with van der Waals surface area (Å²) >= 11 is 1.38. The first-order chi connectivity index (χ1) is 11.7. The lowest BCUT2D eigenvalue weighted by atomic mass is 9.90. The molecule has 0 atom stereocenters. The van der Waals surface area contributed by atoms with Crippen LogP contribution >= 0.6 is 11.3 Å². The number of ether oxygens (including phenoxy) is 1. The van der Waals surface area contributed by atoms with Crippen LogP contribution in [-0.2, 0) is 6.42 Å². The SMILES string of the molecule is COc1ccc(CCC2CCN(C(=O)c3nnc(C)s3)CC2)cc1. The van der Waals surface area contributed by atoms with E-state index in [0.29, 0.717) is 10.9 Å². The minimum atomic E-state index is 0.0363. The Morgan fingerprint density at radius 3 is 2.54 bits per heavy atom. The fourth-order valence-electron chi connectivity index (χ4n) is 3.11. The van der Waals surface area contributed by atoms with E-state index in [9.17, 15) is 4.79 Å². The van der Waals surface area contributed by atoms with Crippen LogP contribution in [0.25, 0.3) is 0 Å². The van der Waals surface area contributed by atoms with Gasteiger partial charge in [-0.15, -0.1) is 10.2 Å². The van der Waals surface area contributed by atoms with Crippen molar-refractivity contribution in [1.29, 1.82) is 0 Å². The van der Waals surface area contributed by atoms with Gasteiger partial charge in [-0.3, -0.25) is 4.79 Å². The van der Waals surface area contributed by atoms with Crippen LogP contribution in [0.4, 0.5) is 0 Å². The van der Waals surface area contributed by atoms with Gasteiger partial charge in [0.05, 0.1) is 7.11 Å². The Hall–Kier alpha value is -1.95. The summed E-state index contributed by atoms with van der Waals surface area (Å²) in [5.74, 6) is 1.62. The molecular weight excluding hydrogens is 322 g/mol. The van der Waals surface area contributed by atoms with Gasteiger partial charge in [0.2, 0.25) is 5.01 Å². The van der Waals surface area contributed by atoms with E-state index >= 15 is 0 Å². The van der Waals surface area contributed by atoms with Crippen molar-refractivity contribution in [2.45, 2.75) is 32.6 Å². The summed E-state index contributed by atoms with van der Waals surface area (Å²) in [7, 11) is 1.69. The Labute approximate surface area is 146 Å². The maximum Gasteiger partial charge on any atom is 0.284 e. The molecule has 0 radical (unpaired) electrons. The fraction of sp³-hybridized carbons (Fsp3) is 0.500. The maximum absolute atomic E-state index is 12.4. The second-order valence-electron chi connectivity index (χ2n) is 6.25. The molecular formula is C18H23N3O2S. The minimum Gasteiger partial charge on any atom is -0.497 e. The van der Waals surface area contributed by atoms with Crippen molar-refractivity contribution >= 4 is 17.2 Å². The van der Waals surface area contributed by atoms with Crippen LogP contribution in [0, 0.1) is 12.8 Å². The Bertz CT molecular complexity index is 676. The number of benzene rings is 1. The lowest BCUT2D eigenvalue weighted by Gasteiger charge is -2.31. The van der Waals surface area contributed by atoms with Gasteiger partial charge >= 0.3 is 0 Å². The molecule has 0 saturated carbocycles. The molecule has 6 heteroatoms. The van der Waals surface area contributed by atoms with Crippen LogP contribution in [-0.4, -0.2) is 41.2 Å². The molecule has 3 rings (SSSR count). The fourth-order valence-corrected chi connectivity index (χ4v) is 3.77. The molecule has 1 aromatic carbocycles. The average molecular weight is 345 g/mol. The van der Waals surface area contributed by atoms with Gasteiger partial charge in [-0.05, 0) is 56.2 Å². The molecule has 0 spiro atoms. The molecule has 24 heavy (non-hydrogen) atoms. The molecule has 2 aromatic rings. The summed E-state index contributed by atoms with van der Waals surface area (Å²) in [5, 5.41) is 9.26. The quantitative estimate of drug-likeness (QED) is 0.834. The Balaban J connectivity index is 1.45. The molecule has 2 heterocycles. The molecule has 0 unspecified atom stereocenters. The van der Waals surface area contributed by atoms with Gasteiger partial charge in [-0.1, -0.05) is 23.5 Å². The summed E-state index contributed by atoms with van der Waals surface area (Å²) in [6, 6.07) is 8.30. The first-order valence-corrected chi connectivity index (χ1v) is 9.19. The lowest BCUT2D eigenvalue weighted by Crippen LogP contribution is -2.38. The van der Waals surface area contributed by atoms with Crippen molar-refractivity contribution in [2.24, 2.45) is 5.92 Å². The van der Waals surface area contributed by atoms with E-state index in [1.807, 2.05) is 24.0 Å². The van der Waals surface area contributed by atoms with Gasteiger partial charge in [0.25, 0.3) is 5.91 Å². The summed E-state index contributed by atoms with van der Waals surface area (Å²) in [4.78, 5) is 14.3. The third kappa shape index (κ3) is 4.12. The van der Waals surface area contributed by atoms with Crippen LogP contribution in [0.1, 0.15) is 39.6 Å². The van der Waals surface area contributed by atoms with Crippen molar-refractivity contribution < 1.29 is 9.53 Å². The second kappa shape index (κ2) is 7.75. The molecule has 1 aliphatic heterocycles. The largest absolute Gasteiger partial charge is 0.497 e. The van der Waals surface area contributed by atoms with Crippen molar-refractivity contribution in [1.82, 2.24) is 15.1 Å². The highest BCUT2D eigenvalue weighted by Crippen LogP contribution is 2.24. The molecule has 0 bridgehead atoms. The van der Waals surface area contributed by atoms with Gasteiger partial charge in [-0.25, -0.2) is 0 Å². The molecule has 128 valence electrons. The maximum atomic E-state index is 12.4. The molecule has 1 aliphatic rings. The Morgan fingerprint density at radius 2 is 1.96 bits per heavy atom. The van der Waals surface area contributed by atoms with E-state index in [1.54, 1.807) is 7.11 Å². The molecule has 0 N–H and O–H groups in total. The molecule has 1 amide bonds. The zero-order valence-corrected chi connectivity index (χ0v) is 15.0. The topological polar surface area (TPSA) is 55.3 Å². The van der Waals surface area contributed by atoms with E-state index in [1.165, 1.54) is 23.3 Å². The minimum absolute atomic E-state index is 0.0363. The number of aryl methyl sites for hydroxylation is 2. The number of hydrogen-bond donors (Lipinski definition) is 0. The van der Waals surface area contributed by atoms with Crippen molar-refractivity contribution in [3.05, 3.63) is 39.8 Å². The van der Waals surface area contributed by atoms with Crippen LogP contribution in [0.15, 0.2) is 24.3 Å². The summed E-state index contributed by atoms with van der Waals surface area (Å²) in [6.45, 7) is 3.52. The number of methoxy groups -OCH3 is 1. The highest BCUT2D eigenvalue weighted by Gasteiger charge is 2.25. The number of piperidine rings is 1. The highest BCUT2D eigenvalue weighted by atomic mass is 32.1. The number of carbonyl (C=O) groups is 1. The molecule has 0 aliphatic carbocycles. The zero-order valence-electron chi connectivity index (χ0n) is 14.2. The molecule has 1 saturated heterocycles. The number of nitrogens with zero attached hydrogens (tertiary/aromatic N) is 3. The van der Waals surface area contributed by atoms with E-state index in [4.69, 9.17) is 4.74 Å². The van der Waals surface area contributed by atoms with Gasteiger partial charge < -0.3 is 9.64 Å². The number of likely N-dealkylation sites (tertiary alicyclic amines) is 1. The summed E-state index contributed by atoms with van der Waals surface area (Å²) in [6.07, 6.45) is 4.39. The van der Waals surface area contributed by atoms with Gasteiger partial charge in [0.15, 0.2) is 0 Å². The van der Waals surface area contributed by atoms with Crippen molar-refractivity contribution in [2.75, 3.05) is 20.2 Å².